The Balaban J connectivity index is 1.87. The van der Waals surface area contributed by atoms with Crippen molar-refractivity contribution in [2.75, 3.05) is 0 Å². The van der Waals surface area contributed by atoms with Crippen LogP contribution in [0.2, 0.25) is 0 Å². The fourth-order valence-electron chi connectivity index (χ4n) is 7.36. The molecule has 7 atom stereocenters. The molecule has 0 radical (unpaired) electrons. The number of fused-ring (bicyclic) bond motifs is 3. The highest BCUT2D eigenvalue weighted by atomic mass is 14.6. The van der Waals surface area contributed by atoms with Crippen LogP contribution in [0.3, 0.4) is 0 Å². The lowest BCUT2D eigenvalue weighted by molar-refractivity contribution is -0.0718. The van der Waals surface area contributed by atoms with Crippen LogP contribution in [0, 0.1) is 46.8 Å². The van der Waals surface area contributed by atoms with Crippen LogP contribution in [-0.4, -0.2) is 0 Å². The van der Waals surface area contributed by atoms with Crippen LogP contribution in [0.25, 0.3) is 0 Å². The first-order valence-electron chi connectivity index (χ1n) is 10.5. The fraction of sp³-hybridized carbons (Fsp3) is 0.913. The zero-order chi connectivity index (χ0) is 16.8. The monoisotopic (exact) mass is 316 g/mol. The maximum absolute atomic E-state index is 2.60. The molecule has 0 amide bonds. The summed E-state index contributed by atoms with van der Waals surface area (Å²) in [5.41, 5.74) is 2.12. The van der Waals surface area contributed by atoms with Crippen molar-refractivity contribution in [3.8, 4) is 0 Å². The van der Waals surface area contributed by atoms with Crippen LogP contribution in [0.15, 0.2) is 11.6 Å². The Morgan fingerprint density at radius 2 is 1.70 bits per heavy atom. The molecule has 132 valence electrons. The summed E-state index contributed by atoms with van der Waals surface area (Å²) in [5, 5.41) is 0. The molecule has 3 aliphatic carbocycles. The minimum absolute atomic E-state index is 0.457. The van der Waals surface area contributed by atoms with Gasteiger partial charge < -0.3 is 0 Å². The molecule has 0 bridgehead atoms. The van der Waals surface area contributed by atoms with Crippen LogP contribution in [0.1, 0.15) is 86.5 Å². The van der Waals surface area contributed by atoms with Crippen LogP contribution < -0.4 is 0 Å². The summed E-state index contributed by atoms with van der Waals surface area (Å²) in [6.45, 7) is 14.8. The molecule has 7 unspecified atom stereocenters. The summed E-state index contributed by atoms with van der Waals surface area (Å²) in [6, 6.07) is 0. The van der Waals surface area contributed by atoms with Crippen LogP contribution >= 0.6 is 0 Å². The SMILES string of the molecule is C/C=C(/C)C1(C)CCC2C3CCC(C)CC3CCC2C1C(C)C. The minimum atomic E-state index is 0.457. The second-order valence-corrected chi connectivity index (χ2v) is 9.94. The van der Waals surface area contributed by atoms with Gasteiger partial charge in [0, 0.05) is 0 Å². The molecule has 0 N–H and O–H groups in total. The van der Waals surface area contributed by atoms with Crippen molar-refractivity contribution in [2.45, 2.75) is 86.5 Å². The molecule has 0 saturated heterocycles. The molecule has 0 heteroatoms. The van der Waals surface area contributed by atoms with Crippen LogP contribution in [0.5, 0.6) is 0 Å². The molecule has 3 saturated carbocycles. The molecular formula is C23H40. The van der Waals surface area contributed by atoms with Gasteiger partial charge in [-0.2, -0.15) is 0 Å². The summed E-state index contributed by atoms with van der Waals surface area (Å²) in [5.74, 6) is 6.90. The van der Waals surface area contributed by atoms with Crippen molar-refractivity contribution in [1.82, 2.24) is 0 Å². The van der Waals surface area contributed by atoms with E-state index in [0.29, 0.717) is 5.41 Å². The van der Waals surface area contributed by atoms with Crippen LogP contribution in [-0.2, 0) is 0 Å². The standard InChI is InChI=1S/C23H40/c1-7-17(5)23(6)13-12-20-19-10-8-16(4)14-18(19)9-11-21(20)22(23)15(2)3/h7,15-16,18-22H,8-14H2,1-6H3/b17-7-. The molecule has 3 aliphatic rings. The number of hydrogen-bond acceptors (Lipinski definition) is 0. The number of allylic oxidation sites excluding steroid dienone is 2. The predicted molar refractivity (Wildman–Crippen MR) is 101 cm³/mol. The molecule has 0 aromatic rings. The minimum Gasteiger partial charge on any atom is -0.0882 e. The van der Waals surface area contributed by atoms with Gasteiger partial charge in [0.25, 0.3) is 0 Å². The van der Waals surface area contributed by atoms with Gasteiger partial charge in [-0.15, -0.1) is 0 Å². The van der Waals surface area contributed by atoms with E-state index in [1.807, 2.05) is 0 Å². The maximum atomic E-state index is 2.60. The molecule has 23 heavy (non-hydrogen) atoms. The Hall–Kier alpha value is -0.260. The average Bonchev–Trinajstić information content (AvgIpc) is 2.52. The lowest BCUT2D eigenvalue weighted by atomic mass is 9.46. The largest absolute Gasteiger partial charge is 0.0882 e. The molecule has 0 spiro atoms. The first-order valence-corrected chi connectivity index (χ1v) is 10.5. The van der Waals surface area contributed by atoms with Gasteiger partial charge in [0.1, 0.15) is 0 Å². The predicted octanol–water partition coefficient (Wildman–Crippen LogP) is 7.10. The molecular weight excluding hydrogens is 276 g/mol. The van der Waals surface area contributed by atoms with Gasteiger partial charge in [-0.3, -0.25) is 0 Å². The normalized spacial score (nSPS) is 48.0. The third-order valence-corrected chi connectivity index (χ3v) is 8.52. The van der Waals surface area contributed by atoms with E-state index < -0.39 is 0 Å². The van der Waals surface area contributed by atoms with Gasteiger partial charge in [0.05, 0.1) is 0 Å². The Morgan fingerprint density at radius 3 is 2.35 bits per heavy atom. The lowest BCUT2D eigenvalue weighted by Crippen LogP contribution is -2.50. The van der Waals surface area contributed by atoms with Gasteiger partial charge in [0.15, 0.2) is 0 Å². The summed E-state index contributed by atoms with van der Waals surface area (Å²) >= 11 is 0. The molecule has 0 nitrogen and oxygen atoms in total. The first-order chi connectivity index (χ1) is 10.9. The van der Waals surface area contributed by atoms with Crippen molar-refractivity contribution in [1.29, 1.82) is 0 Å². The maximum Gasteiger partial charge on any atom is -0.00857 e. The van der Waals surface area contributed by atoms with E-state index in [4.69, 9.17) is 0 Å². The van der Waals surface area contributed by atoms with E-state index in [0.717, 1.165) is 41.4 Å². The van der Waals surface area contributed by atoms with Crippen molar-refractivity contribution < 1.29 is 0 Å². The van der Waals surface area contributed by atoms with E-state index in [1.54, 1.807) is 5.57 Å². The van der Waals surface area contributed by atoms with Crippen molar-refractivity contribution >= 4 is 0 Å². The topological polar surface area (TPSA) is 0 Å². The first kappa shape index (κ1) is 17.6. The van der Waals surface area contributed by atoms with Gasteiger partial charge in [-0.25, -0.2) is 0 Å². The zero-order valence-corrected chi connectivity index (χ0v) is 16.6. The lowest BCUT2D eigenvalue weighted by Gasteiger charge is -2.58. The summed E-state index contributed by atoms with van der Waals surface area (Å²) in [7, 11) is 0. The fourth-order valence-corrected chi connectivity index (χ4v) is 7.36. The molecule has 0 aromatic heterocycles. The van der Waals surface area contributed by atoms with E-state index in [2.05, 4.69) is 47.6 Å². The van der Waals surface area contributed by atoms with Crippen LogP contribution in [0.4, 0.5) is 0 Å². The molecule has 3 rings (SSSR count). The van der Waals surface area contributed by atoms with Crippen molar-refractivity contribution in [3.63, 3.8) is 0 Å². The number of rotatable bonds is 2. The van der Waals surface area contributed by atoms with E-state index in [-0.39, 0.29) is 0 Å². The van der Waals surface area contributed by atoms with E-state index >= 15 is 0 Å². The molecule has 0 aliphatic heterocycles. The molecule has 0 aromatic carbocycles. The Labute approximate surface area is 145 Å². The second-order valence-electron chi connectivity index (χ2n) is 9.94. The smallest absolute Gasteiger partial charge is 0.00857 e. The highest BCUT2D eigenvalue weighted by molar-refractivity contribution is 5.16. The quantitative estimate of drug-likeness (QED) is 0.476. The summed E-state index contributed by atoms with van der Waals surface area (Å²) in [6.07, 6.45) is 13.0. The average molecular weight is 317 g/mol. The molecule has 3 fully saturated rings. The molecule has 0 heterocycles. The third-order valence-electron chi connectivity index (χ3n) is 8.52. The van der Waals surface area contributed by atoms with E-state index in [9.17, 15) is 0 Å². The number of hydrogen-bond donors (Lipinski definition) is 0. The Morgan fingerprint density at radius 1 is 1.00 bits per heavy atom. The van der Waals surface area contributed by atoms with Gasteiger partial charge >= 0.3 is 0 Å². The van der Waals surface area contributed by atoms with Gasteiger partial charge in [0.2, 0.25) is 0 Å². The third kappa shape index (κ3) is 2.93. The van der Waals surface area contributed by atoms with Gasteiger partial charge in [-0.1, -0.05) is 45.8 Å². The Kier molecular flexibility index (Phi) is 5.01. The summed E-state index contributed by atoms with van der Waals surface area (Å²) < 4.78 is 0. The van der Waals surface area contributed by atoms with E-state index in [1.165, 1.54) is 44.9 Å². The zero-order valence-electron chi connectivity index (χ0n) is 16.6. The highest BCUT2D eigenvalue weighted by Gasteiger charge is 2.53. The van der Waals surface area contributed by atoms with Crippen molar-refractivity contribution in [2.24, 2.45) is 46.8 Å². The Bertz CT molecular complexity index is 445. The van der Waals surface area contributed by atoms with Gasteiger partial charge in [-0.05, 0) is 99.2 Å². The second kappa shape index (κ2) is 6.57. The summed E-state index contributed by atoms with van der Waals surface area (Å²) in [4.78, 5) is 0. The van der Waals surface area contributed by atoms with Crippen molar-refractivity contribution in [3.05, 3.63) is 11.6 Å². The highest BCUT2D eigenvalue weighted by Crippen LogP contribution is 2.61.